The highest BCUT2D eigenvalue weighted by Crippen LogP contribution is 2.40. The number of amides is 3. The number of carbonyl (C=O) groups is 3. The number of nitrogens with zero attached hydrogens (tertiary/aromatic N) is 1. The summed E-state index contributed by atoms with van der Waals surface area (Å²) >= 11 is 0. The zero-order valence-corrected chi connectivity index (χ0v) is 14.8. The van der Waals surface area contributed by atoms with Gasteiger partial charge in [-0.1, -0.05) is 0 Å². The normalized spacial score (nSPS) is 24.0. The Bertz CT molecular complexity index is 768. The van der Waals surface area contributed by atoms with Crippen LogP contribution in [0.25, 0.3) is 0 Å². The average molecular weight is 357 g/mol. The van der Waals surface area contributed by atoms with E-state index >= 15 is 0 Å². The third-order valence-corrected chi connectivity index (χ3v) is 5.93. The van der Waals surface area contributed by atoms with Gasteiger partial charge in [-0.05, 0) is 42.0 Å². The van der Waals surface area contributed by atoms with E-state index in [1.54, 1.807) is 19.2 Å². The molecule has 0 saturated carbocycles. The second-order valence-corrected chi connectivity index (χ2v) is 7.54. The molecule has 0 radical (unpaired) electrons. The van der Waals surface area contributed by atoms with Crippen molar-refractivity contribution in [2.45, 2.75) is 31.6 Å². The van der Waals surface area contributed by atoms with Crippen LogP contribution in [-0.4, -0.2) is 49.4 Å². The number of benzene rings is 1. The average Bonchev–Trinajstić information content (AvgIpc) is 3.01. The molecule has 1 atom stereocenters. The first-order valence-electron chi connectivity index (χ1n) is 9.03. The van der Waals surface area contributed by atoms with Crippen molar-refractivity contribution in [1.82, 2.24) is 10.2 Å². The van der Waals surface area contributed by atoms with Crippen LogP contribution in [0.2, 0.25) is 0 Å². The van der Waals surface area contributed by atoms with Gasteiger partial charge < -0.3 is 20.3 Å². The quantitative estimate of drug-likeness (QED) is 0.834. The standard InChI is InChI=1S/C19H23N3O4/c1-26-12-2-3-15-13(8-12)14(9-16(23)21-15)18(25)22-6-4-19(5-7-22)10-17(24)20-11-19/h2-3,8,14H,4-7,9-11H2,1H3,(H,20,24)(H,21,23)/t14-/m0/s1. The van der Waals surface area contributed by atoms with Crippen molar-refractivity contribution in [3.8, 4) is 5.75 Å². The van der Waals surface area contributed by atoms with Gasteiger partial charge >= 0.3 is 0 Å². The summed E-state index contributed by atoms with van der Waals surface area (Å²) in [6.07, 6.45) is 2.35. The Labute approximate surface area is 152 Å². The number of anilines is 1. The Hall–Kier alpha value is -2.57. The minimum Gasteiger partial charge on any atom is -0.497 e. The van der Waals surface area contributed by atoms with E-state index in [-0.39, 0.29) is 29.6 Å². The highest BCUT2D eigenvalue weighted by atomic mass is 16.5. The van der Waals surface area contributed by atoms with Crippen molar-refractivity contribution in [2.75, 3.05) is 32.1 Å². The molecule has 7 heteroatoms. The summed E-state index contributed by atoms with van der Waals surface area (Å²) in [7, 11) is 1.58. The first kappa shape index (κ1) is 16.9. The van der Waals surface area contributed by atoms with Gasteiger partial charge in [-0.25, -0.2) is 0 Å². The second-order valence-electron chi connectivity index (χ2n) is 7.54. The summed E-state index contributed by atoms with van der Waals surface area (Å²) in [5, 5.41) is 5.74. The Kier molecular flexibility index (Phi) is 4.09. The maximum Gasteiger partial charge on any atom is 0.230 e. The van der Waals surface area contributed by atoms with Crippen LogP contribution in [0.1, 0.15) is 37.2 Å². The van der Waals surface area contributed by atoms with E-state index in [1.807, 2.05) is 11.0 Å². The number of hydrogen-bond donors (Lipinski definition) is 2. The number of rotatable bonds is 2. The van der Waals surface area contributed by atoms with Crippen LogP contribution in [0.15, 0.2) is 18.2 Å². The fraction of sp³-hybridized carbons (Fsp3) is 0.526. The van der Waals surface area contributed by atoms with Gasteiger partial charge in [0.1, 0.15) is 5.75 Å². The number of hydrogen-bond acceptors (Lipinski definition) is 4. The maximum atomic E-state index is 13.2. The molecular weight excluding hydrogens is 334 g/mol. The predicted octanol–water partition coefficient (Wildman–Crippen LogP) is 1.25. The monoisotopic (exact) mass is 357 g/mol. The van der Waals surface area contributed by atoms with Crippen molar-refractivity contribution in [3.63, 3.8) is 0 Å². The molecule has 7 nitrogen and oxygen atoms in total. The number of carbonyl (C=O) groups excluding carboxylic acids is 3. The minimum absolute atomic E-state index is 0.00106. The van der Waals surface area contributed by atoms with Crippen molar-refractivity contribution < 1.29 is 19.1 Å². The van der Waals surface area contributed by atoms with Gasteiger partial charge in [0.05, 0.1) is 13.0 Å². The van der Waals surface area contributed by atoms with Gasteiger partial charge in [0.15, 0.2) is 0 Å². The largest absolute Gasteiger partial charge is 0.497 e. The van der Waals surface area contributed by atoms with E-state index in [1.165, 1.54) is 0 Å². The molecule has 0 aliphatic carbocycles. The third kappa shape index (κ3) is 2.91. The molecule has 4 rings (SSSR count). The fourth-order valence-electron chi connectivity index (χ4n) is 4.31. The lowest BCUT2D eigenvalue weighted by molar-refractivity contribution is -0.137. The van der Waals surface area contributed by atoms with Crippen molar-refractivity contribution in [1.29, 1.82) is 0 Å². The lowest BCUT2D eigenvalue weighted by Crippen LogP contribution is -2.46. The minimum atomic E-state index is -0.480. The van der Waals surface area contributed by atoms with Gasteiger partial charge in [0.25, 0.3) is 0 Å². The van der Waals surface area contributed by atoms with E-state index in [0.717, 1.165) is 18.4 Å². The van der Waals surface area contributed by atoms with E-state index in [4.69, 9.17) is 4.74 Å². The lowest BCUT2D eigenvalue weighted by atomic mass is 9.77. The van der Waals surface area contributed by atoms with Crippen LogP contribution in [0.4, 0.5) is 5.69 Å². The molecule has 138 valence electrons. The van der Waals surface area contributed by atoms with Gasteiger partial charge in [-0.2, -0.15) is 0 Å². The van der Waals surface area contributed by atoms with Gasteiger partial charge in [-0.3, -0.25) is 14.4 Å². The highest BCUT2D eigenvalue weighted by molar-refractivity contribution is 6.01. The molecule has 2 N–H and O–H groups in total. The summed E-state index contributed by atoms with van der Waals surface area (Å²) in [4.78, 5) is 38.6. The highest BCUT2D eigenvalue weighted by Gasteiger charge is 2.43. The van der Waals surface area contributed by atoms with Crippen LogP contribution >= 0.6 is 0 Å². The molecule has 0 aromatic heterocycles. The number of piperidine rings is 1. The van der Waals surface area contributed by atoms with Crippen LogP contribution in [0, 0.1) is 5.41 Å². The molecule has 1 spiro atoms. The lowest BCUT2D eigenvalue weighted by Gasteiger charge is -2.40. The molecular formula is C19H23N3O4. The zero-order valence-electron chi connectivity index (χ0n) is 14.8. The Morgan fingerprint density at radius 1 is 1.23 bits per heavy atom. The molecule has 0 unspecified atom stereocenters. The summed E-state index contributed by atoms with van der Waals surface area (Å²) in [5.74, 6) is 0.147. The molecule has 1 aromatic rings. The SMILES string of the molecule is COc1ccc2c(c1)[C@@H](C(=O)N1CCC3(CC1)CNC(=O)C3)CC(=O)N2. The van der Waals surface area contributed by atoms with Crippen molar-refractivity contribution >= 4 is 23.4 Å². The predicted molar refractivity (Wildman–Crippen MR) is 94.9 cm³/mol. The van der Waals surface area contributed by atoms with Crippen LogP contribution < -0.4 is 15.4 Å². The number of methoxy groups -OCH3 is 1. The summed E-state index contributed by atoms with van der Waals surface area (Å²) in [5.41, 5.74) is 1.49. The van der Waals surface area contributed by atoms with Crippen LogP contribution in [-0.2, 0) is 14.4 Å². The van der Waals surface area contributed by atoms with E-state index in [9.17, 15) is 14.4 Å². The Morgan fingerprint density at radius 3 is 2.65 bits per heavy atom. The van der Waals surface area contributed by atoms with E-state index in [2.05, 4.69) is 10.6 Å². The summed E-state index contributed by atoms with van der Waals surface area (Å²) in [6.45, 7) is 1.97. The number of likely N-dealkylation sites (tertiary alicyclic amines) is 1. The maximum absolute atomic E-state index is 13.2. The van der Waals surface area contributed by atoms with Crippen molar-refractivity contribution in [3.05, 3.63) is 23.8 Å². The summed E-state index contributed by atoms with van der Waals surface area (Å²) in [6, 6.07) is 5.40. The van der Waals surface area contributed by atoms with Gasteiger partial charge in [-0.15, -0.1) is 0 Å². The Morgan fingerprint density at radius 2 is 2.00 bits per heavy atom. The first-order valence-corrected chi connectivity index (χ1v) is 9.03. The van der Waals surface area contributed by atoms with E-state index in [0.29, 0.717) is 37.5 Å². The van der Waals surface area contributed by atoms with Gasteiger partial charge in [0, 0.05) is 38.2 Å². The topological polar surface area (TPSA) is 87.7 Å². The van der Waals surface area contributed by atoms with Crippen molar-refractivity contribution in [2.24, 2.45) is 5.41 Å². The molecule has 2 fully saturated rings. The molecule has 3 amide bonds. The molecule has 3 aliphatic rings. The molecule has 3 aliphatic heterocycles. The molecule has 3 heterocycles. The molecule has 0 bridgehead atoms. The second kappa shape index (κ2) is 6.30. The number of fused-ring (bicyclic) bond motifs is 1. The smallest absolute Gasteiger partial charge is 0.230 e. The fourth-order valence-corrected chi connectivity index (χ4v) is 4.31. The first-order chi connectivity index (χ1) is 12.5. The Balaban J connectivity index is 1.52. The van der Waals surface area contributed by atoms with E-state index < -0.39 is 5.92 Å². The molecule has 26 heavy (non-hydrogen) atoms. The van der Waals surface area contributed by atoms with Crippen LogP contribution in [0.3, 0.4) is 0 Å². The van der Waals surface area contributed by atoms with Gasteiger partial charge in [0.2, 0.25) is 17.7 Å². The third-order valence-electron chi connectivity index (χ3n) is 5.93. The molecule has 1 aromatic carbocycles. The zero-order chi connectivity index (χ0) is 18.3. The number of nitrogens with one attached hydrogen (secondary N) is 2. The summed E-state index contributed by atoms with van der Waals surface area (Å²) < 4.78 is 5.28. The number of ether oxygens (including phenoxy) is 1. The molecule has 2 saturated heterocycles. The van der Waals surface area contributed by atoms with Crippen LogP contribution in [0.5, 0.6) is 5.75 Å².